The van der Waals surface area contributed by atoms with E-state index in [1.165, 1.54) is 22.9 Å². The Morgan fingerprint density at radius 3 is 2.67 bits per heavy atom. The van der Waals surface area contributed by atoms with Gasteiger partial charge in [-0.3, -0.25) is 0 Å². The maximum absolute atomic E-state index is 9.41. The molecule has 0 saturated carbocycles. The number of nitrogens with two attached hydrogens (primary N) is 1. The summed E-state index contributed by atoms with van der Waals surface area (Å²) in [4.78, 5) is 8.78. The van der Waals surface area contributed by atoms with E-state index in [0.29, 0.717) is 10.9 Å². The van der Waals surface area contributed by atoms with Gasteiger partial charge in [-0.25, -0.2) is 9.97 Å². The third kappa shape index (κ3) is 4.78. The van der Waals surface area contributed by atoms with Crippen molar-refractivity contribution in [1.82, 2.24) is 9.97 Å². The van der Waals surface area contributed by atoms with Crippen molar-refractivity contribution in [1.29, 1.82) is 5.26 Å². The van der Waals surface area contributed by atoms with Gasteiger partial charge in [0.25, 0.3) is 0 Å². The molecule has 0 saturated heterocycles. The van der Waals surface area contributed by atoms with Crippen molar-refractivity contribution in [2.75, 3.05) is 5.73 Å². The quantitative estimate of drug-likeness (QED) is 0.506. The van der Waals surface area contributed by atoms with E-state index in [9.17, 15) is 5.26 Å². The minimum Gasteiger partial charge on any atom is -0.487 e. The summed E-state index contributed by atoms with van der Waals surface area (Å²) in [6.07, 6.45) is 0. The van der Waals surface area contributed by atoms with Crippen LogP contribution in [0.15, 0.2) is 53.7 Å². The highest BCUT2D eigenvalue weighted by atomic mass is 32.2. The van der Waals surface area contributed by atoms with E-state index in [2.05, 4.69) is 41.2 Å². The minimum atomic E-state index is 0.165. The summed E-state index contributed by atoms with van der Waals surface area (Å²) >= 11 is 1.49. The molecule has 0 aliphatic carbocycles. The lowest BCUT2D eigenvalue weighted by Crippen LogP contribution is -2.08. The zero-order valence-corrected chi connectivity index (χ0v) is 16.1. The molecule has 0 bridgehead atoms. The van der Waals surface area contributed by atoms with E-state index < -0.39 is 0 Å². The van der Waals surface area contributed by atoms with Crippen LogP contribution >= 0.6 is 11.8 Å². The number of nitrogens with zero attached hydrogens (tertiary/aromatic N) is 3. The summed E-state index contributed by atoms with van der Waals surface area (Å²) < 4.78 is 5.85. The molecule has 1 heterocycles. The molecule has 0 amide bonds. The van der Waals surface area contributed by atoms with Crippen molar-refractivity contribution in [3.8, 4) is 11.8 Å². The zero-order chi connectivity index (χ0) is 19.2. The summed E-state index contributed by atoms with van der Waals surface area (Å²) in [5.41, 5.74) is 10.2. The number of nitriles is 1. The number of ether oxygens (including phenoxy) is 1. The Balaban J connectivity index is 1.78. The lowest BCUT2D eigenvalue weighted by molar-refractivity contribution is 0.297. The van der Waals surface area contributed by atoms with Crippen LogP contribution in [0.2, 0.25) is 0 Å². The Kier molecular flexibility index (Phi) is 5.94. The molecule has 0 spiro atoms. The number of aromatic nitrogens is 2. The standard InChI is InChI=1S/C21H20N4OS/c1-14-6-5-8-16(10-14)13-27-21-24-18(17(11-22)20(23)25-21)12-26-19-9-4-3-7-15(19)2/h3-10H,12-13H2,1-2H3,(H2,23,24,25). The van der Waals surface area contributed by atoms with Gasteiger partial charge in [-0.2, -0.15) is 5.26 Å². The van der Waals surface area contributed by atoms with Gasteiger partial charge >= 0.3 is 0 Å². The van der Waals surface area contributed by atoms with Gasteiger partial charge in [0, 0.05) is 5.75 Å². The Morgan fingerprint density at radius 1 is 1.11 bits per heavy atom. The van der Waals surface area contributed by atoms with Crippen LogP contribution in [0, 0.1) is 25.2 Å². The lowest BCUT2D eigenvalue weighted by atomic mass is 10.2. The number of anilines is 1. The van der Waals surface area contributed by atoms with Crippen molar-refractivity contribution in [2.45, 2.75) is 31.4 Å². The predicted octanol–water partition coefficient (Wildman–Crippen LogP) is 4.42. The molecule has 6 heteroatoms. The molecule has 27 heavy (non-hydrogen) atoms. The normalized spacial score (nSPS) is 10.4. The average Bonchev–Trinajstić information content (AvgIpc) is 2.65. The van der Waals surface area contributed by atoms with Crippen molar-refractivity contribution in [3.05, 3.63) is 76.5 Å². The van der Waals surface area contributed by atoms with Gasteiger partial charge in [0.2, 0.25) is 0 Å². The molecule has 0 atom stereocenters. The number of hydrogen-bond donors (Lipinski definition) is 1. The average molecular weight is 376 g/mol. The van der Waals surface area contributed by atoms with E-state index >= 15 is 0 Å². The van der Waals surface area contributed by atoms with Crippen LogP contribution in [-0.4, -0.2) is 9.97 Å². The molecule has 0 radical (unpaired) electrons. The van der Waals surface area contributed by atoms with E-state index in [-0.39, 0.29) is 18.0 Å². The van der Waals surface area contributed by atoms with Crippen molar-refractivity contribution >= 4 is 17.6 Å². The first-order chi connectivity index (χ1) is 13.1. The summed E-state index contributed by atoms with van der Waals surface area (Å²) in [5, 5.41) is 9.95. The third-order valence-electron chi connectivity index (χ3n) is 4.01. The molecule has 0 unspecified atom stereocenters. The van der Waals surface area contributed by atoms with Gasteiger partial charge in [-0.1, -0.05) is 59.8 Å². The number of hydrogen-bond acceptors (Lipinski definition) is 6. The Bertz CT molecular complexity index is 998. The van der Waals surface area contributed by atoms with Crippen LogP contribution in [0.5, 0.6) is 5.75 Å². The number of para-hydroxylation sites is 1. The molecule has 3 aromatic rings. The first kappa shape index (κ1) is 18.7. The monoisotopic (exact) mass is 376 g/mol. The predicted molar refractivity (Wildman–Crippen MR) is 107 cm³/mol. The van der Waals surface area contributed by atoms with Gasteiger partial charge < -0.3 is 10.5 Å². The fourth-order valence-electron chi connectivity index (χ4n) is 2.61. The van der Waals surface area contributed by atoms with Crippen LogP contribution in [0.4, 0.5) is 5.82 Å². The van der Waals surface area contributed by atoms with Crippen LogP contribution in [-0.2, 0) is 12.4 Å². The van der Waals surface area contributed by atoms with E-state index in [1.54, 1.807) is 0 Å². The molecule has 2 aromatic carbocycles. The summed E-state index contributed by atoms with van der Waals surface area (Å²) in [6.45, 7) is 4.20. The van der Waals surface area contributed by atoms with Gasteiger partial charge in [0.05, 0.1) is 0 Å². The summed E-state index contributed by atoms with van der Waals surface area (Å²) in [6, 6.07) is 18.1. The topological polar surface area (TPSA) is 84.8 Å². The first-order valence-corrected chi connectivity index (χ1v) is 9.48. The van der Waals surface area contributed by atoms with E-state index in [4.69, 9.17) is 10.5 Å². The largest absolute Gasteiger partial charge is 0.487 e. The highest BCUT2D eigenvalue weighted by Crippen LogP contribution is 2.25. The van der Waals surface area contributed by atoms with E-state index in [1.807, 2.05) is 37.3 Å². The molecular weight excluding hydrogens is 356 g/mol. The maximum atomic E-state index is 9.41. The molecule has 0 fully saturated rings. The fraction of sp³-hybridized carbons (Fsp3) is 0.190. The van der Waals surface area contributed by atoms with Crippen molar-refractivity contribution in [2.24, 2.45) is 0 Å². The Morgan fingerprint density at radius 2 is 1.93 bits per heavy atom. The number of rotatable bonds is 6. The second-order valence-corrected chi connectivity index (χ2v) is 7.10. The SMILES string of the molecule is Cc1cccc(CSc2nc(N)c(C#N)c(COc3ccccc3C)n2)c1. The molecule has 1 aromatic heterocycles. The lowest BCUT2D eigenvalue weighted by Gasteiger charge is -2.11. The van der Waals surface area contributed by atoms with Gasteiger partial charge in [-0.05, 0) is 31.0 Å². The van der Waals surface area contributed by atoms with Crippen LogP contribution < -0.4 is 10.5 Å². The van der Waals surface area contributed by atoms with Crippen molar-refractivity contribution < 1.29 is 4.74 Å². The van der Waals surface area contributed by atoms with Gasteiger partial charge in [0.1, 0.15) is 35.5 Å². The minimum absolute atomic E-state index is 0.165. The Hall–Kier alpha value is -3.04. The smallest absolute Gasteiger partial charge is 0.190 e. The van der Waals surface area contributed by atoms with Crippen LogP contribution in [0.3, 0.4) is 0 Å². The fourth-order valence-corrected chi connectivity index (χ4v) is 3.42. The Labute approximate surface area is 163 Å². The van der Waals surface area contributed by atoms with Gasteiger partial charge in [-0.15, -0.1) is 0 Å². The molecule has 0 aliphatic heterocycles. The second kappa shape index (κ2) is 8.56. The molecular formula is C21H20N4OS. The maximum Gasteiger partial charge on any atom is 0.190 e. The third-order valence-corrected chi connectivity index (χ3v) is 4.93. The van der Waals surface area contributed by atoms with Crippen LogP contribution in [0.25, 0.3) is 0 Å². The first-order valence-electron chi connectivity index (χ1n) is 8.50. The highest BCUT2D eigenvalue weighted by molar-refractivity contribution is 7.98. The number of thioether (sulfide) groups is 1. The van der Waals surface area contributed by atoms with Crippen LogP contribution in [0.1, 0.15) is 27.9 Å². The van der Waals surface area contributed by atoms with E-state index in [0.717, 1.165) is 17.1 Å². The van der Waals surface area contributed by atoms with Crippen molar-refractivity contribution in [3.63, 3.8) is 0 Å². The molecule has 3 rings (SSSR count). The summed E-state index contributed by atoms with van der Waals surface area (Å²) in [7, 11) is 0. The van der Waals surface area contributed by atoms with Gasteiger partial charge in [0.15, 0.2) is 5.16 Å². The number of benzene rings is 2. The molecule has 0 aliphatic rings. The molecule has 136 valence electrons. The number of nitrogen functional groups attached to an aromatic ring is 1. The molecule has 2 N–H and O–H groups in total. The second-order valence-electron chi connectivity index (χ2n) is 6.16. The number of aryl methyl sites for hydroxylation is 2. The summed E-state index contributed by atoms with van der Waals surface area (Å²) in [5.74, 6) is 1.67. The zero-order valence-electron chi connectivity index (χ0n) is 15.3. The highest BCUT2D eigenvalue weighted by Gasteiger charge is 2.14. The molecule has 5 nitrogen and oxygen atoms in total.